The number of aromatic nitrogens is 2. The summed E-state index contributed by atoms with van der Waals surface area (Å²) in [5.74, 6) is 0.601. The van der Waals surface area contributed by atoms with Crippen molar-refractivity contribution in [3.05, 3.63) is 43.0 Å². The van der Waals surface area contributed by atoms with Crippen LogP contribution in [-0.2, 0) is 16.6 Å². The highest BCUT2D eigenvalue weighted by Gasteiger charge is 2.37. The fourth-order valence-electron chi connectivity index (χ4n) is 2.92. The first-order valence-corrected chi connectivity index (χ1v) is 10.5. The molecule has 1 aliphatic heterocycles. The summed E-state index contributed by atoms with van der Waals surface area (Å²) in [6, 6.07) is 5.89. The molecule has 1 aliphatic rings. The molecule has 0 saturated carbocycles. The highest BCUT2D eigenvalue weighted by atomic mass is 32.2. The van der Waals surface area contributed by atoms with Crippen LogP contribution in [-0.4, -0.2) is 73.0 Å². The van der Waals surface area contributed by atoms with Crippen molar-refractivity contribution in [3.8, 4) is 5.75 Å². The Bertz CT molecular complexity index is 877. The Hall–Kier alpha value is -2.59. The number of aryl methyl sites for hydroxylation is 1. The molecule has 1 aromatic heterocycles. The summed E-state index contributed by atoms with van der Waals surface area (Å²) in [6.45, 7) is 1.92. The zero-order valence-electron chi connectivity index (χ0n) is 16.0. The van der Waals surface area contributed by atoms with Gasteiger partial charge in [0, 0.05) is 45.6 Å². The lowest BCUT2D eigenvalue weighted by Crippen LogP contribution is -2.62. The highest BCUT2D eigenvalue weighted by molar-refractivity contribution is 7.89. The minimum atomic E-state index is -3.55. The molecule has 0 spiro atoms. The van der Waals surface area contributed by atoms with Gasteiger partial charge >= 0.3 is 6.03 Å². The lowest BCUT2D eigenvalue weighted by molar-refractivity contribution is 0.180. The number of benzene rings is 1. The van der Waals surface area contributed by atoms with Gasteiger partial charge in [0.1, 0.15) is 5.75 Å². The monoisotopic (exact) mass is 407 g/mol. The van der Waals surface area contributed by atoms with Gasteiger partial charge in [0.15, 0.2) is 0 Å². The van der Waals surface area contributed by atoms with Crippen molar-refractivity contribution in [3.63, 3.8) is 0 Å². The van der Waals surface area contributed by atoms with Crippen molar-refractivity contribution in [2.24, 2.45) is 0 Å². The number of amides is 2. The van der Waals surface area contributed by atoms with Crippen LogP contribution in [0.5, 0.6) is 5.75 Å². The fourth-order valence-corrected chi connectivity index (χ4v) is 4.45. The number of hydrogen-bond acceptors (Lipinski definition) is 5. The molecular formula is C18H25N5O4S. The molecule has 2 amide bonds. The van der Waals surface area contributed by atoms with Gasteiger partial charge in [0.2, 0.25) is 10.0 Å². The van der Waals surface area contributed by atoms with Crippen LogP contribution in [0.4, 0.5) is 4.79 Å². The quantitative estimate of drug-likeness (QED) is 0.704. The molecule has 2 aromatic rings. The van der Waals surface area contributed by atoms with Gasteiger partial charge in [-0.3, -0.25) is 0 Å². The summed E-state index contributed by atoms with van der Waals surface area (Å²) in [5, 5.41) is 2.87. The molecule has 10 heteroatoms. The lowest BCUT2D eigenvalue weighted by Gasteiger charge is -2.39. The Kier molecular flexibility index (Phi) is 6.20. The molecule has 0 unspecified atom stereocenters. The van der Waals surface area contributed by atoms with Gasteiger partial charge in [-0.2, -0.15) is 4.31 Å². The van der Waals surface area contributed by atoms with Crippen molar-refractivity contribution < 1.29 is 17.9 Å². The maximum Gasteiger partial charge on any atom is 0.317 e. The van der Waals surface area contributed by atoms with E-state index in [9.17, 15) is 13.2 Å². The van der Waals surface area contributed by atoms with Gasteiger partial charge in [-0.05, 0) is 30.7 Å². The predicted molar refractivity (Wildman–Crippen MR) is 104 cm³/mol. The predicted octanol–water partition coefficient (Wildman–Crippen LogP) is 0.996. The average molecular weight is 407 g/mol. The van der Waals surface area contributed by atoms with Crippen molar-refractivity contribution in [2.45, 2.75) is 23.9 Å². The number of hydrogen-bond donors (Lipinski definition) is 1. The number of rotatable bonds is 8. The van der Waals surface area contributed by atoms with Crippen LogP contribution in [0.15, 0.2) is 47.9 Å². The highest BCUT2D eigenvalue weighted by Crippen LogP contribution is 2.23. The zero-order chi connectivity index (χ0) is 20.1. The van der Waals surface area contributed by atoms with Gasteiger partial charge in [-0.1, -0.05) is 0 Å². The fraction of sp³-hybridized carbons (Fsp3) is 0.444. The second-order valence-electron chi connectivity index (χ2n) is 6.72. The molecule has 1 saturated heterocycles. The summed E-state index contributed by atoms with van der Waals surface area (Å²) in [6.07, 6.45) is 6.15. The third kappa shape index (κ3) is 4.63. The molecule has 0 atom stereocenters. The number of ether oxygens (including phenoxy) is 1. The molecule has 28 heavy (non-hydrogen) atoms. The molecule has 3 rings (SSSR count). The van der Waals surface area contributed by atoms with E-state index in [-0.39, 0.29) is 30.1 Å². The summed E-state index contributed by atoms with van der Waals surface area (Å²) < 4.78 is 33.5. The first-order chi connectivity index (χ1) is 13.4. The smallest absolute Gasteiger partial charge is 0.317 e. The van der Waals surface area contributed by atoms with Crippen LogP contribution in [0.2, 0.25) is 0 Å². The molecule has 1 fully saturated rings. The number of sulfonamides is 1. The first-order valence-electron chi connectivity index (χ1n) is 9.01. The van der Waals surface area contributed by atoms with Crippen molar-refractivity contribution in [1.82, 2.24) is 24.1 Å². The van der Waals surface area contributed by atoms with Crippen LogP contribution < -0.4 is 10.1 Å². The maximum absolute atomic E-state index is 12.6. The minimum Gasteiger partial charge on any atom is -0.497 e. The van der Waals surface area contributed by atoms with E-state index < -0.39 is 10.0 Å². The van der Waals surface area contributed by atoms with E-state index >= 15 is 0 Å². The standard InChI is InChI=1S/C18H25N5O4S/c1-21(9-3-10-22-11-8-19-14-22)18(24)20-15-12-23(13-15)28(25,26)17-6-4-16(27-2)5-7-17/h4-8,11,14-15H,3,9-10,12-13H2,1-2H3,(H,20,24). The van der Waals surface area contributed by atoms with Crippen LogP contribution in [0.3, 0.4) is 0 Å². The SMILES string of the molecule is COc1ccc(S(=O)(=O)N2CC(NC(=O)N(C)CCCn3ccnc3)C2)cc1. The van der Waals surface area contributed by atoms with Crippen LogP contribution in [0.25, 0.3) is 0 Å². The molecule has 0 aliphatic carbocycles. The molecule has 1 N–H and O–H groups in total. The second kappa shape index (κ2) is 8.61. The molecular weight excluding hydrogens is 382 g/mol. The van der Waals surface area contributed by atoms with Gasteiger partial charge in [0.05, 0.1) is 24.4 Å². The summed E-state index contributed by atoms with van der Waals surface area (Å²) in [7, 11) is -0.293. The first kappa shape index (κ1) is 20.2. The van der Waals surface area contributed by atoms with Crippen LogP contribution >= 0.6 is 0 Å². The van der Waals surface area contributed by atoms with Gasteiger partial charge in [-0.25, -0.2) is 18.2 Å². The second-order valence-corrected chi connectivity index (χ2v) is 8.66. The van der Waals surface area contributed by atoms with Crippen molar-refractivity contribution in [1.29, 1.82) is 0 Å². The molecule has 0 radical (unpaired) electrons. The molecule has 9 nitrogen and oxygen atoms in total. The van der Waals surface area contributed by atoms with Crippen LogP contribution in [0.1, 0.15) is 6.42 Å². The van der Waals surface area contributed by atoms with E-state index in [1.165, 1.54) is 23.5 Å². The Labute approximate surface area is 165 Å². The number of nitrogens with zero attached hydrogens (tertiary/aromatic N) is 4. The lowest BCUT2D eigenvalue weighted by atomic mass is 10.2. The van der Waals surface area contributed by atoms with E-state index in [1.54, 1.807) is 36.6 Å². The molecule has 2 heterocycles. The number of urea groups is 1. The summed E-state index contributed by atoms with van der Waals surface area (Å²) >= 11 is 0. The minimum absolute atomic E-state index is 0.184. The van der Waals surface area contributed by atoms with Gasteiger partial charge in [0.25, 0.3) is 0 Å². The number of nitrogens with one attached hydrogen (secondary N) is 1. The Morgan fingerprint density at radius 3 is 2.64 bits per heavy atom. The van der Waals surface area contributed by atoms with E-state index in [0.717, 1.165) is 13.0 Å². The molecule has 152 valence electrons. The Morgan fingerprint density at radius 1 is 1.32 bits per heavy atom. The zero-order valence-corrected chi connectivity index (χ0v) is 16.8. The van der Waals surface area contributed by atoms with Crippen LogP contribution in [0, 0.1) is 0 Å². The van der Waals surface area contributed by atoms with E-state index in [1.807, 2.05) is 10.8 Å². The number of methoxy groups -OCH3 is 1. The third-order valence-electron chi connectivity index (χ3n) is 4.69. The number of carbonyl (C=O) groups is 1. The Balaban J connectivity index is 1.43. The van der Waals surface area contributed by atoms with E-state index in [2.05, 4.69) is 10.3 Å². The topological polar surface area (TPSA) is 96.8 Å². The average Bonchev–Trinajstić information content (AvgIpc) is 3.17. The van der Waals surface area contributed by atoms with E-state index in [4.69, 9.17) is 4.74 Å². The largest absolute Gasteiger partial charge is 0.497 e. The summed E-state index contributed by atoms with van der Waals surface area (Å²) in [5.41, 5.74) is 0. The molecule has 0 bridgehead atoms. The number of carbonyl (C=O) groups excluding carboxylic acids is 1. The van der Waals surface area contributed by atoms with Gasteiger partial charge < -0.3 is 19.5 Å². The summed E-state index contributed by atoms with van der Waals surface area (Å²) in [4.78, 5) is 18.1. The molecule has 1 aromatic carbocycles. The Morgan fingerprint density at radius 2 is 2.04 bits per heavy atom. The normalized spacial score (nSPS) is 15.1. The van der Waals surface area contributed by atoms with Gasteiger partial charge in [-0.15, -0.1) is 0 Å². The maximum atomic E-state index is 12.6. The van der Waals surface area contributed by atoms with Crippen molar-refractivity contribution in [2.75, 3.05) is 33.8 Å². The number of imidazole rings is 1. The third-order valence-corrected chi connectivity index (χ3v) is 6.53. The van der Waals surface area contributed by atoms with Crippen molar-refractivity contribution >= 4 is 16.1 Å². The van der Waals surface area contributed by atoms with E-state index in [0.29, 0.717) is 12.3 Å².